The average Bonchev–Trinajstić information content (AvgIpc) is 2.90. The maximum Gasteiger partial charge on any atom is 0.344 e. The molecule has 9 heteroatoms. The third-order valence-electron chi connectivity index (χ3n) is 4.25. The molecule has 3 heterocycles. The Kier molecular flexibility index (Phi) is 4.14. The van der Waals surface area contributed by atoms with E-state index in [0.717, 1.165) is 16.3 Å². The molecule has 2 fully saturated rings. The van der Waals surface area contributed by atoms with E-state index in [1.165, 1.54) is 4.79 Å². The summed E-state index contributed by atoms with van der Waals surface area (Å²) in [6, 6.07) is 0. The molecule has 120 valence electrons. The predicted molar refractivity (Wildman–Crippen MR) is 79.7 cm³/mol. The number of piperidine rings is 2. The summed E-state index contributed by atoms with van der Waals surface area (Å²) in [5.41, 5.74) is 0. The number of hydrogen-bond donors (Lipinski definition) is 2. The van der Waals surface area contributed by atoms with E-state index in [4.69, 9.17) is 5.11 Å². The summed E-state index contributed by atoms with van der Waals surface area (Å²) in [5.74, 6) is -0.977. The van der Waals surface area contributed by atoms with Crippen molar-refractivity contribution in [3.63, 3.8) is 0 Å². The van der Waals surface area contributed by atoms with Crippen LogP contribution in [0.2, 0.25) is 0 Å². The Balaban J connectivity index is 1.69. The fourth-order valence-electron chi connectivity index (χ4n) is 2.87. The summed E-state index contributed by atoms with van der Waals surface area (Å²) in [5, 5.41) is 18.8. The second-order valence-corrected chi connectivity index (χ2v) is 6.67. The molecule has 0 aromatic carbocycles. The van der Waals surface area contributed by atoms with Gasteiger partial charge >= 0.3 is 10.8 Å². The molecule has 1 atom stereocenters. The first-order chi connectivity index (χ1) is 10.5. The molecule has 1 amide bonds. The molecule has 2 N–H and O–H groups in total. The molecule has 2 aliphatic rings. The number of hydrogen-bond acceptors (Lipinski definition) is 6. The SMILES string of the molecule is O=C1CCC(c2nn(N3CCC(C(=O)O)CC3)c(=O)s2)CN1. The van der Waals surface area contributed by atoms with Gasteiger partial charge in [-0.1, -0.05) is 11.3 Å². The Morgan fingerprint density at radius 2 is 2.00 bits per heavy atom. The lowest BCUT2D eigenvalue weighted by molar-refractivity contribution is -0.142. The summed E-state index contributed by atoms with van der Waals surface area (Å²) in [4.78, 5) is 35.5. The maximum atomic E-state index is 12.1. The van der Waals surface area contributed by atoms with Gasteiger partial charge in [-0.25, -0.2) is 0 Å². The molecule has 3 rings (SSSR count). The molecule has 1 aromatic rings. The summed E-state index contributed by atoms with van der Waals surface area (Å²) in [6.07, 6.45) is 2.21. The molecule has 1 aromatic heterocycles. The fourth-order valence-corrected chi connectivity index (χ4v) is 3.78. The third-order valence-corrected chi connectivity index (χ3v) is 5.21. The van der Waals surface area contributed by atoms with Crippen LogP contribution < -0.4 is 15.2 Å². The van der Waals surface area contributed by atoms with Gasteiger partial charge in [-0.2, -0.15) is 0 Å². The van der Waals surface area contributed by atoms with E-state index in [9.17, 15) is 14.4 Å². The van der Waals surface area contributed by atoms with Crippen LogP contribution in [-0.2, 0) is 9.59 Å². The van der Waals surface area contributed by atoms with Crippen molar-refractivity contribution in [3.05, 3.63) is 14.7 Å². The number of nitrogens with zero attached hydrogens (tertiary/aromatic N) is 3. The standard InChI is InChI=1S/C13H18N4O4S/c18-10-2-1-9(7-14-10)11-15-17(13(21)22-11)16-5-3-8(4-6-16)12(19)20/h8-9H,1-7H2,(H,14,18)(H,19,20). The number of aromatic nitrogens is 2. The average molecular weight is 326 g/mol. The van der Waals surface area contributed by atoms with Crippen LogP contribution >= 0.6 is 11.3 Å². The van der Waals surface area contributed by atoms with Crippen LogP contribution in [-0.4, -0.2) is 46.5 Å². The minimum Gasteiger partial charge on any atom is -0.481 e. The molecule has 2 aliphatic heterocycles. The van der Waals surface area contributed by atoms with Crippen molar-refractivity contribution < 1.29 is 14.7 Å². The summed E-state index contributed by atoms with van der Waals surface area (Å²) in [6.45, 7) is 1.55. The van der Waals surface area contributed by atoms with Gasteiger partial charge in [0, 0.05) is 32.0 Å². The number of carbonyl (C=O) groups is 2. The number of rotatable bonds is 3. The minimum absolute atomic E-state index is 0.0405. The van der Waals surface area contributed by atoms with Crippen LogP contribution in [0.15, 0.2) is 4.79 Å². The Bertz CT molecular complexity index is 622. The number of nitrogens with one attached hydrogen (secondary N) is 1. The van der Waals surface area contributed by atoms with E-state index in [1.807, 2.05) is 5.01 Å². The van der Waals surface area contributed by atoms with Crippen molar-refractivity contribution in [3.8, 4) is 0 Å². The minimum atomic E-state index is -0.774. The maximum absolute atomic E-state index is 12.1. The van der Waals surface area contributed by atoms with Gasteiger partial charge in [0.1, 0.15) is 5.01 Å². The lowest BCUT2D eigenvalue weighted by atomic mass is 9.98. The van der Waals surface area contributed by atoms with Crippen LogP contribution in [0.1, 0.15) is 36.6 Å². The van der Waals surface area contributed by atoms with Gasteiger partial charge in [0.05, 0.1) is 5.92 Å². The number of carboxylic acid groups (broad SMARTS) is 1. The number of aliphatic carboxylic acids is 1. The van der Waals surface area contributed by atoms with Gasteiger partial charge in [-0.3, -0.25) is 19.4 Å². The Labute approximate surface area is 130 Å². The van der Waals surface area contributed by atoms with Crippen LogP contribution in [0.5, 0.6) is 0 Å². The van der Waals surface area contributed by atoms with Gasteiger partial charge in [-0.05, 0) is 19.3 Å². The highest BCUT2D eigenvalue weighted by Gasteiger charge is 2.28. The van der Waals surface area contributed by atoms with E-state index >= 15 is 0 Å². The molecular formula is C13H18N4O4S. The van der Waals surface area contributed by atoms with Crippen LogP contribution in [0.4, 0.5) is 0 Å². The summed E-state index contributed by atoms with van der Waals surface area (Å²) < 4.78 is 0. The zero-order chi connectivity index (χ0) is 15.7. The van der Waals surface area contributed by atoms with E-state index < -0.39 is 5.97 Å². The monoisotopic (exact) mass is 326 g/mol. The largest absolute Gasteiger partial charge is 0.481 e. The molecule has 1 unspecified atom stereocenters. The first-order valence-corrected chi connectivity index (χ1v) is 8.21. The molecule has 2 saturated heterocycles. The first-order valence-electron chi connectivity index (χ1n) is 7.39. The van der Waals surface area contributed by atoms with E-state index in [2.05, 4.69) is 10.4 Å². The van der Waals surface area contributed by atoms with Crippen molar-refractivity contribution in [2.75, 3.05) is 24.6 Å². The molecule has 22 heavy (non-hydrogen) atoms. The molecule has 0 radical (unpaired) electrons. The van der Waals surface area contributed by atoms with Crippen LogP contribution in [0, 0.1) is 5.92 Å². The van der Waals surface area contributed by atoms with E-state index in [1.54, 1.807) is 0 Å². The molecule has 0 bridgehead atoms. The fraction of sp³-hybridized carbons (Fsp3) is 0.692. The Hall–Kier alpha value is -1.90. The van der Waals surface area contributed by atoms with Gasteiger partial charge in [-0.15, -0.1) is 9.89 Å². The molecule has 0 saturated carbocycles. The van der Waals surface area contributed by atoms with Crippen molar-refractivity contribution in [2.45, 2.75) is 31.6 Å². The van der Waals surface area contributed by atoms with Crippen molar-refractivity contribution >= 4 is 23.2 Å². The molecule has 8 nitrogen and oxygen atoms in total. The smallest absolute Gasteiger partial charge is 0.344 e. The summed E-state index contributed by atoms with van der Waals surface area (Å²) in [7, 11) is 0. The lowest BCUT2D eigenvalue weighted by Crippen LogP contribution is -2.47. The quantitative estimate of drug-likeness (QED) is 0.792. The second-order valence-electron chi connectivity index (χ2n) is 5.70. The van der Waals surface area contributed by atoms with Crippen molar-refractivity contribution in [2.24, 2.45) is 5.92 Å². The van der Waals surface area contributed by atoms with Crippen molar-refractivity contribution in [1.82, 2.24) is 15.2 Å². The Morgan fingerprint density at radius 1 is 1.27 bits per heavy atom. The van der Waals surface area contributed by atoms with Crippen LogP contribution in [0.25, 0.3) is 0 Å². The Morgan fingerprint density at radius 3 is 2.59 bits per heavy atom. The predicted octanol–water partition coefficient (Wildman–Crippen LogP) is -0.269. The van der Waals surface area contributed by atoms with E-state index in [-0.39, 0.29) is 22.6 Å². The van der Waals surface area contributed by atoms with Gasteiger partial charge in [0.15, 0.2) is 0 Å². The van der Waals surface area contributed by atoms with Crippen molar-refractivity contribution in [1.29, 1.82) is 0 Å². The number of carboxylic acids is 1. The normalized spacial score (nSPS) is 23.4. The highest BCUT2D eigenvalue weighted by Crippen LogP contribution is 2.24. The van der Waals surface area contributed by atoms with E-state index in [0.29, 0.717) is 45.3 Å². The molecule has 0 spiro atoms. The highest BCUT2D eigenvalue weighted by atomic mass is 32.1. The molecule has 0 aliphatic carbocycles. The van der Waals surface area contributed by atoms with Gasteiger partial charge in [0.2, 0.25) is 5.91 Å². The third kappa shape index (κ3) is 2.99. The molecular weight excluding hydrogens is 308 g/mol. The first kappa shape index (κ1) is 15.0. The number of amides is 1. The zero-order valence-electron chi connectivity index (χ0n) is 12.0. The van der Waals surface area contributed by atoms with Gasteiger partial charge in [0.25, 0.3) is 0 Å². The summed E-state index contributed by atoms with van der Waals surface area (Å²) >= 11 is 1.11. The zero-order valence-corrected chi connectivity index (χ0v) is 12.8. The second kappa shape index (κ2) is 6.07. The number of carbonyl (C=O) groups excluding carboxylic acids is 1. The van der Waals surface area contributed by atoms with Gasteiger partial charge < -0.3 is 10.4 Å². The van der Waals surface area contributed by atoms with Crippen LogP contribution in [0.3, 0.4) is 0 Å². The lowest BCUT2D eigenvalue weighted by Gasteiger charge is -2.30. The topological polar surface area (TPSA) is 105 Å². The highest BCUT2D eigenvalue weighted by molar-refractivity contribution is 7.09.